The van der Waals surface area contributed by atoms with Crippen LogP contribution < -0.4 is 19.7 Å². The van der Waals surface area contributed by atoms with Gasteiger partial charge in [-0.25, -0.2) is 14.5 Å². The van der Waals surface area contributed by atoms with Crippen molar-refractivity contribution in [2.24, 2.45) is 0 Å². The normalized spacial score (nSPS) is 14.7. The Morgan fingerprint density at radius 3 is 2.47 bits per heavy atom. The molecule has 0 aliphatic carbocycles. The molecule has 1 saturated heterocycles. The largest absolute Gasteiger partial charge is 0.490 e. The number of benzene rings is 2. The smallest absolute Gasteiger partial charge is 0.335 e. The molecule has 0 bridgehead atoms. The second-order valence-electron chi connectivity index (χ2n) is 6.44. The summed E-state index contributed by atoms with van der Waals surface area (Å²) in [5, 5.41) is 11.1. The van der Waals surface area contributed by atoms with Crippen LogP contribution in [0.2, 0.25) is 0 Å². The quantitative estimate of drug-likeness (QED) is 0.390. The number of nitrogens with one attached hydrogen (secondary N) is 1. The van der Waals surface area contributed by atoms with Gasteiger partial charge in [0.15, 0.2) is 11.5 Å². The van der Waals surface area contributed by atoms with Gasteiger partial charge in [0.05, 0.1) is 17.9 Å². The molecule has 162 valence electrons. The maximum Gasteiger partial charge on any atom is 0.335 e. The van der Waals surface area contributed by atoms with Crippen molar-refractivity contribution in [3.63, 3.8) is 0 Å². The van der Waals surface area contributed by atoms with Crippen LogP contribution >= 0.6 is 0 Å². The average molecular weight is 434 g/mol. The van der Waals surface area contributed by atoms with E-state index in [2.05, 4.69) is 11.2 Å². The highest BCUT2D eigenvalue weighted by molar-refractivity contribution is 6.39. The molecule has 3 rings (SSSR count). The molecule has 1 aliphatic heterocycles. The molecular weight excluding hydrogens is 416 g/mol. The van der Waals surface area contributed by atoms with Gasteiger partial charge in [0.1, 0.15) is 12.2 Å². The first-order chi connectivity index (χ1) is 15.3. The van der Waals surface area contributed by atoms with Gasteiger partial charge in [-0.1, -0.05) is 12.0 Å². The van der Waals surface area contributed by atoms with E-state index < -0.39 is 23.8 Å². The molecule has 0 atom stereocenters. The zero-order chi connectivity index (χ0) is 23.3. The number of amides is 4. The fraction of sp³-hybridized carbons (Fsp3) is 0.130. The molecule has 2 N–H and O–H groups in total. The Balaban J connectivity index is 1.96. The zero-order valence-corrected chi connectivity index (χ0v) is 17.0. The third-order valence-electron chi connectivity index (χ3n) is 4.36. The number of ether oxygens (including phenoxy) is 2. The molecule has 32 heavy (non-hydrogen) atoms. The molecule has 0 radical (unpaired) electrons. The molecule has 0 saturated carbocycles. The molecule has 0 aromatic heterocycles. The van der Waals surface area contributed by atoms with Crippen molar-refractivity contribution in [1.82, 2.24) is 5.32 Å². The molecule has 1 aliphatic rings. The Morgan fingerprint density at radius 1 is 1.12 bits per heavy atom. The average Bonchev–Trinajstić information content (AvgIpc) is 2.76. The van der Waals surface area contributed by atoms with Crippen LogP contribution in [0.4, 0.5) is 10.5 Å². The topological polar surface area (TPSA) is 122 Å². The van der Waals surface area contributed by atoms with Crippen molar-refractivity contribution < 1.29 is 33.8 Å². The summed E-state index contributed by atoms with van der Waals surface area (Å²) in [6, 6.07) is 8.94. The Morgan fingerprint density at radius 2 is 1.84 bits per heavy atom. The van der Waals surface area contributed by atoms with Crippen molar-refractivity contribution in [1.29, 1.82) is 0 Å². The number of rotatable bonds is 7. The van der Waals surface area contributed by atoms with Gasteiger partial charge in [0.25, 0.3) is 11.8 Å². The van der Waals surface area contributed by atoms with E-state index in [9.17, 15) is 19.2 Å². The number of carbonyl (C=O) groups excluding carboxylic acids is 3. The standard InChI is InChI=1S/C23H18N2O7/c1-3-11-32-18-10-5-14(13-19(18)31-4-2)12-17-20(26)24-23(30)25(21(17)27)16-8-6-15(7-9-16)22(28)29/h1,5-10,12-13H,4,11H2,2H3,(H,28,29)(H,24,26,30)/b17-12+. The lowest BCUT2D eigenvalue weighted by molar-refractivity contribution is -0.122. The minimum absolute atomic E-state index is 0.0129. The van der Waals surface area contributed by atoms with Crippen LogP contribution in [-0.2, 0) is 9.59 Å². The number of anilines is 1. The number of hydrogen-bond acceptors (Lipinski definition) is 6. The van der Waals surface area contributed by atoms with Gasteiger partial charge in [-0.05, 0) is 55.0 Å². The maximum atomic E-state index is 13.0. The monoisotopic (exact) mass is 434 g/mol. The molecule has 4 amide bonds. The summed E-state index contributed by atoms with van der Waals surface area (Å²) in [5.41, 5.74) is 0.271. The first-order valence-electron chi connectivity index (χ1n) is 9.43. The highest BCUT2D eigenvalue weighted by atomic mass is 16.5. The van der Waals surface area contributed by atoms with Crippen LogP contribution in [-0.4, -0.2) is 42.1 Å². The Kier molecular flexibility index (Phi) is 6.56. The van der Waals surface area contributed by atoms with Crippen LogP contribution in [0.25, 0.3) is 6.08 Å². The van der Waals surface area contributed by atoms with Crippen molar-refractivity contribution in [2.45, 2.75) is 6.92 Å². The number of carboxylic acids is 1. The highest BCUT2D eigenvalue weighted by Crippen LogP contribution is 2.30. The predicted octanol–water partition coefficient (Wildman–Crippen LogP) is 2.46. The van der Waals surface area contributed by atoms with Crippen LogP contribution in [0.1, 0.15) is 22.8 Å². The van der Waals surface area contributed by atoms with Crippen molar-refractivity contribution in [3.8, 4) is 23.8 Å². The predicted molar refractivity (Wildman–Crippen MR) is 114 cm³/mol. The first kappa shape index (κ1) is 22.1. The summed E-state index contributed by atoms with van der Waals surface area (Å²) in [6.45, 7) is 2.17. The van der Waals surface area contributed by atoms with Crippen LogP contribution in [0.5, 0.6) is 11.5 Å². The lowest BCUT2D eigenvalue weighted by atomic mass is 10.1. The minimum atomic E-state index is -1.15. The Labute approximate surface area is 183 Å². The maximum absolute atomic E-state index is 13.0. The fourth-order valence-corrected chi connectivity index (χ4v) is 2.93. The van der Waals surface area contributed by atoms with Gasteiger partial charge in [-0.15, -0.1) is 6.42 Å². The fourth-order valence-electron chi connectivity index (χ4n) is 2.93. The summed E-state index contributed by atoms with van der Waals surface area (Å²) in [4.78, 5) is 49.4. The van der Waals surface area contributed by atoms with Gasteiger partial charge < -0.3 is 14.6 Å². The number of carboxylic acid groups (broad SMARTS) is 1. The zero-order valence-electron chi connectivity index (χ0n) is 17.0. The number of barbiturate groups is 1. The summed E-state index contributed by atoms with van der Waals surface area (Å²) < 4.78 is 11.0. The van der Waals surface area contributed by atoms with Crippen molar-refractivity contribution in [3.05, 3.63) is 59.2 Å². The minimum Gasteiger partial charge on any atom is -0.490 e. The summed E-state index contributed by atoms with van der Waals surface area (Å²) in [5.74, 6) is 0.269. The Hall–Kier alpha value is -4.58. The number of aromatic carboxylic acids is 1. The number of hydrogen-bond donors (Lipinski definition) is 2. The summed E-state index contributed by atoms with van der Waals surface area (Å²) >= 11 is 0. The summed E-state index contributed by atoms with van der Waals surface area (Å²) in [7, 11) is 0. The molecule has 9 nitrogen and oxygen atoms in total. The molecule has 1 heterocycles. The Bertz CT molecular complexity index is 1160. The van der Waals surface area contributed by atoms with Crippen LogP contribution in [0, 0.1) is 12.3 Å². The number of urea groups is 1. The second kappa shape index (κ2) is 9.49. The van der Waals surface area contributed by atoms with E-state index >= 15 is 0 Å². The molecule has 0 spiro atoms. The van der Waals surface area contributed by atoms with E-state index in [1.165, 1.54) is 30.3 Å². The molecule has 2 aromatic rings. The third-order valence-corrected chi connectivity index (χ3v) is 4.36. The SMILES string of the molecule is C#CCOc1ccc(/C=C2\C(=O)NC(=O)N(c3ccc(C(=O)O)cc3)C2=O)cc1OCC. The van der Waals surface area contributed by atoms with Crippen molar-refractivity contribution in [2.75, 3.05) is 18.1 Å². The van der Waals surface area contributed by atoms with Gasteiger partial charge in [0.2, 0.25) is 0 Å². The number of terminal acetylenes is 1. The third kappa shape index (κ3) is 4.60. The van der Waals surface area contributed by atoms with Gasteiger partial charge in [-0.2, -0.15) is 0 Å². The van der Waals surface area contributed by atoms with Crippen LogP contribution in [0.3, 0.4) is 0 Å². The van der Waals surface area contributed by atoms with E-state index in [-0.39, 0.29) is 23.4 Å². The lowest BCUT2D eigenvalue weighted by Gasteiger charge is -2.26. The van der Waals surface area contributed by atoms with Crippen molar-refractivity contribution >= 4 is 35.6 Å². The highest BCUT2D eigenvalue weighted by Gasteiger charge is 2.36. The molecule has 0 unspecified atom stereocenters. The number of nitrogens with zero attached hydrogens (tertiary/aromatic N) is 1. The lowest BCUT2D eigenvalue weighted by Crippen LogP contribution is -2.54. The molecular formula is C23H18N2O7. The van der Waals surface area contributed by atoms with Gasteiger partial charge in [-0.3, -0.25) is 14.9 Å². The van der Waals surface area contributed by atoms with E-state index in [0.717, 1.165) is 4.90 Å². The second-order valence-corrected chi connectivity index (χ2v) is 6.44. The van der Waals surface area contributed by atoms with E-state index in [0.29, 0.717) is 23.7 Å². The number of carbonyl (C=O) groups is 4. The van der Waals surface area contributed by atoms with Crippen LogP contribution in [0.15, 0.2) is 48.0 Å². The van der Waals surface area contributed by atoms with Gasteiger partial charge >= 0.3 is 12.0 Å². The summed E-state index contributed by atoms with van der Waals surface area (Å²) in [6.07, 6.45) is 6.53. The first-order valence-corrected chi connectivity index (χ1v) is 9.43. The van der Waals surface area contributed by atoms with E-state index in [1.807, 2.05) is 0 Å². The molecule has 2 aromatic carbocycles. The molecule has 1 fully saturated rings. The van der Waals surface area contributed by atoms with E-state index in [1.54, 1.807) is 25.1 Å². The number of imide groups is 2. The van der Waals surface area contributed by atoms with E-state index in [4.69, 9.17) is 21.0 Å². The molecule has 9 heteroatoms. The van der Waals surface area contributed by atoms with Gasteiger partial charge in [0, 0.05) is 0 Å².